The first-order valence-corrected chi connectivity index (χ1v) is 9.88. The molecule has 0 unspecified atom stereocenters. The van der Waals surface area contributed by atoms with Crippen molar-refractivity contribution in [2.45, 2.75) is 19.3 Å². The van der Waals surface area contributed by atoms with Crippen molar-refractivity contribution in [2.75, 3.05) is 0 Å². The number of furan rings is 1. The van der Waals surface area contributed by atoms with Gasteiger partial charge in [-0.25, -0.2) is 0 Å². The van der Waals surface area contributed by atoms with Crippen molar-refractivity contribution in [2.24, 2.45) is 0 Å². The van der Waals surface area contributed by atoms with Crippen molar-refractivity contribution in [3.8, 4) is 11.1 Å². The first kappa shape index (κ1) is 14.7. The van der Waals surface area contributed by atoms with Crippen molar-refractivity contribution in [1.82, 2.24) is 0 Å². The maximum atomic E-state index is 6.40. The summed E-state index contributed by atoms with van der Waals surface area (Å²) in [5, 5.41) is 7.78. The monoisotopic (exact) mass is 358 g/mol. The summed E-state index contributed by atoms with van der Waals surface area (Å²) in [7, 11) is 0. The van der Waals surface area contributed by atoms with Gasteiger partial charge in [-0.1, -0.05) is 74.5 Å². The van der Waals surface area contributed by atoms with Crippen molar-refractivity contribution >= 4 is 43.5 Å². The lowest BCUT2D eigenvalue weighted by Gasteiger charge is -2.21. The Morgan fingerprint density at radius 1 is 0.607 bits per heavy atom. The van der Waals surface area contributed by atoms with Gasteiger partial charge in [0, 0.05) is 21.6 Å². The quantitative estimate of drug-likeness (QED) is 0.254. The molecule has 0 spiro atoms. The van der Waals surface area contributed by atoms with Gasteiger partial charge >= 0.3 is 0 Å². The van der Waals surface area contributed by atoms with E-state index in [4.69, 9.17) is 4.42 Å². The SMILES string of the molecule is CC1(C)c2ccccc2-c2c1cc1oc3cccc4c5ccccc5c2c1c34. The molecule has 6 aromatic rings. The maximum Gasteiger partial charge on any atom is 0.136 e. The number of rotatable bonds is 0. The Morgan fingerprint density at radius 3 is 2.21 bits per heavy atom. The molecule has 0 radical (unpaired) electrons. The standard InChI is InChI=1S/C27H18O/c1-27(2)19-12-6-5-10-18(19)23-20(27)14-22-26-24-16(11-7-13-21(24)28-22)15-8-3-4-9-17(15)25(23)26/h3-14H,1-2H3. The smallest absolute Gasteiger partial charge is 0.136 e. The van der Waals surface area contributed by atoms with Crippen molar-refractivity contribution in [3.05, 3.63) is 83.9 Å². The van der Waals surface area contributed by atoms with E-state index in [1.165, 1.54) is 54.6 Å². The summed E-state index contributed by atoms with van der Waals surface area (Å²) >= 11 is 0. The van der Waals surface area contributed by atoms with Crippen LogP contribution in [-0.2, 0) is 5.41 Å². The highest BCUT2D eigenvalue weighted by Gasteiger charge is 2.38. The lowest BCUT2D eigenvalue weighted by Crippen LogP contribution is -2.14. The number of hydrogen-bond donors (Lipinski definition) is 0. The molecule has 0 amide bonds. The summed E-state index contributed by atoms with van der Waals surface area (Å²) in [5.74, 6) is 0. The minimum Gasteiger partial charge on any atom is -0.456 e. The van der Waals surface area contributed by atoms with Crippen LogP contribution in [0.1, 0.15) is 25.0 Å². The second-order valence-electron chi connectivity index (χ2n) is 8.54. The van der Waals surface area contributed by atoms with Gasteiger partial charge in [0.15, 0.2) is 0 Å². The van der Waals surface area contributed by atoms with Crippen molar-refractivity contribution < 1.29 is 4.42 Å². The molecule has 1 aliphatic carbocycles. The molecule has 132 valence electrons. The molecule has 1 aromatic heterocycles. The van der Waals surface area contributed by atoms with E-state index in [1.54, 1.807) is 0 Å². The average molecular weight is 358 g/mol. The van der Waals surface area contributed by atoms with Gasteiger partial charge in [-0.05, 0) is 50.5 Å². The zero-order valence-electron chi connectivity index (χ0n) is 15.8. The fourth-order valence-electron chi connectivity index (χ4n) is 5.57. The summed E-state index contributed by atoms with van der Waals surface area (Å²) in [6.07, 6.45) is 0. The lowest BCUT2D eigenvalue weighted by atomic mass is 9.81. The van der Waals surface area contributed by atoms with E-state index in [0.717, 1.165) is 11.2 Å². The van der Waals surface area contributed by atoms with Crippen molar-refractivity contribution in [3.63, 3.8) is 0 Å². The van der Waals surface area contributed by atoms with E-state index < -0.39 is 0 Å². The molecule has 0 saturated carbocycles. The molecule has 7 rings (SSSR count). The van der Waals surface area contributed by atoms with Crippen LogP contribution in [0.2, 0.25) is 0 Å². The van der Waals surface area contributed by atoms with Gasteiger partial charge in [0.05, 0.1) is 0 Å². The highest BCUT2D eigenvalue weighted by molar-refractivity contribution is 6.36. The minimum atomic E-state index is -0.0369. The highest BCUT2D eigenvalue weighted by Crippen LogP contribution is 2.55. The molecule has 0 N–H and O–H groups in total. The molecule has 1 nitrogen and oxygen atoms in total. The van der Waals surface area contributed by atoms with Crippen LogP contribution < -0.4 is 0 Å². The summed E-state index contributed by atoms with van der Waals surface area (Å²) in [5.41, 5.74) is 7.48. The van der Waals surface area contributed by atoms with E-state index in [0.29, 0.717) is 0 Å². The van der Waals surface area contributed by atoms with Crippen LogP contribution in [0.25, 0.3) is 54.6 Å². The molecule has 0 fully saturated rings. The lowest BCUT2D eigenvalue weighted by molar-refractivity contribution is 0.648. The Balaban J connectivity index is 1.89. The van der Waals surface area contributed by atoms with Crippen LogP contribution in [0.3, 0.4) is 0 Å². The normalized spacial score (nSPS) is 15.1. The van der Waals surface area contributed by atoms with Crippen molar-refractivity contribution in [1.29, 1.82) is 0 Å². The predicted octanol–water partition coefficient (Wildman–Crippen LogP) is 7.64. The van der Waals surface area contributed by atoms with Crippen LogP contribution >= 0.6 is 0 Å². The van der Waals surface area contributed by atoms with Gasteiger partial charge < -0.3 is 4.42 Å². The number of benzene rings is 5. The van der Waals surface area contributed by atoms with E-state index in [2.05, 4.69) is 86.6 Å². The Hall–Kier alpha value is -3.32. The summed E-state index contributed by atoms with van der Waals surface area (Å²) < 4.78 is 6.40. The highest BCUT2D eigenvalue weighted by atomic mass is 16.3. The van der Waals surface area contributed by atoms with Gasteiger partial charge in [0.25, 0.3) is 0 Å². The van der Waals surface area contributed by atoms with Gasteiger partial charge in [-0.2, -0.15) is 0 Å². The summed E-state index contributed by atoms with van der Waals surface area (Å²) in [4.78, 5) is 0. The van der Waals surface area contributed by atoms with Crippen LogP contribution in [0, 0.1) is 0 Å². The van der Waals surface area contributed by atoms with Gasteiger partial charge in [0.2, 0.25) is 0 Å². The molecule has 0 bridgehead atoms. The number of hydrogen-bond acceptors (Lipinski definition) is 1. The Bertz CT molecular complexity index is 1580. The fourth-order valence-corrected chi connectivity index (χ4v) is 5.57. The van der Waals surface area contributed by atoms with Crippen LogP contribution in [0.15, 0.2) is 77.2 Å². The first-order chi connectivity index (χ1) is 13.7. The molecule has 0 atom stereocenters. The van der Waals surface area contributed by atoms with Gasteiger partial charge in [-0.15, -0.1) is 0 Å². The molecule has 1 heterocycles. The van der Waals surface area contributed by atoms with E-state index >= 15 is 0 Å². The van der Waals surface area contributed by atoms with Gasteiger partial charge in [0.1, 0.15) is 11.2 Å². The predicted molar refractivity (Wildman–Crippen MR) is 117 cm³/mol. The molecule has 1 heteroatoms. The molecule has 1 aliphatic rings. The minimum absolute atomic E-state index is 0.0369. The first-order valence-electron chi connectivity index (χ1n) is 9.88. The van der Waals surface area contributed by atoms with Gasteiger partial charge in [-0.3, -0.25) is 0 Å². The van der Waals surface area contributed by atoms with Crippen LogP contribution in [-0.4, -0.2) is 0 Å². The topological polar surface area (TPSA) is 13.1 Å². The largest absolute Gasteiger partial charge is 0.456 e. The third-order valence-electron chi connectivity index (χ3n) is 6.82. The average Bonchev–Trinajstić information content (AvgIpc) is 3.20. The van der Waals surface area contributed by atoms with E-state index in [1.807, 2.05) is 0 Å². The Labute approximate surface area is 162 Å². The molecule has 0 aliphatic heterocycles. The summed E-state index contributed by atoms with van der Waals surface area (Å²) in [6, 6.07) is 26.4. The second-order valence-corrected chi connectivity index (χ2v) is 8.54. The fraction of sp³-hybridized carbons (Fsp3) is 0.111. The third-order valence-corrected chi connectivity index (χ3v) is 6.82. The molecule has 5 aromatic carbocycles. The third kappa shape index (κ3) is 1.49. The Morgan fingerprint density at radius 2 is 1.32 bits per heavy atom. The van der Waals surface area contributed by atoms with E-state index in [-0.39, 0.29) is 5.41 Å². The van der Waals surface area contributed by atoms with Crippen LogP contribution in [0.5, 0.6) is 0 Å². The molecular formula is C27H18O. The molecule has 0 saturated heterocycles. The zero-order chi connectivity index (χ0) is 18.6. The second kappa shape index (κ2) is 4.56. The maximum absolute atomic E-state index is 6.40. The number of fused-ring (bicyclic) bond motifs is 7. The van der Waals surface area contributed by atoms with Crippen LogP contribution in [0.4, 0.5) is 0 Å². The molecule has 28 heavy (non-hydrogen) atoms. The summed E-state index contributed by atoms with van der Waals surface area (Å²) in [6.45, 7) is 4.66. The Kier molecular flexibility index (Phi) is 2.39. The molecular weight excluding hydrogens is 340 g/mol. The zero-order valence-corrected chi connectivity index (χ0v) is 15.8. The van der Waals surface area contributed by atoms with E-state index in [9.17, 15) is 0 Å².